The summed E-state index contributed by atoms with van der Waals surface area (Å²) in [5.41, 5.74) is 1.83. The van der Waals surface area contributed by atoms with E-state index in [1.165, 1.54) is 13.2 Å². The minimum atomic E-state index is -3.84. The molecule has 4 rings (SSSR count). The van der Waals surface area contributed by atoms with E-state index in [1.54, 1.807) is 30.3 Å². The standard InChI is InChI=1S/C33H35BrN2O10S/c1-44-33(41)31-26(37)10-7-11-27(31)45-15-6-5-14-35-32(40)23(18-30(39)46-20-21-8-3-2-4-9-21)16-22-12-13-24(25(34)17-22)28-19-29(38)36-47(28,42)43/h2-4,7-13,17,23,28,37H,5-6,14-16,18-20H2,1H3,(H,35,40)(H,36,38)/t23-,28?/m1/s1. The topological polar surface area (TPSA) is 174 Å². The van der Waals surface area contributed by atoms with E-state index in [-0.39, 0.29) is 62.0 Å². The number of phenolic OH excluding ortho intramolecular Hbond substituents is 1. The molecule has 1 saturated heterocycles. The van der Waals surface area contributed by atoms with E-state index in [0.717, 1.165) is 5.56 Å². The highest BCUT2D eigenvalue weighted by atomic mass is 79.9. The summed E-state index contributed by atoms with van der Waals surface area (Å²) in [6.07, 6.45) is 0.813. The lowest BCUT2D eigenvalue weighted by Gasteiger charge is -2.18. The quantitative estimate of drug-likeness (QED) is 0.153. The van der Waals surface area contributed by atoms with E-state index in [9.17, 15) is 32.7 Å². The fraction of sp³-hybridized carbons (Fsp3) is 0.333. The van der Waals surface area contributed by atoms with E-state index in [4.69, 9.17) is 14.2 Å². The summed E-state index contributed by atoms with van der Waals surface area (Å²) < 4.78 is 43.0. The molecule has 0 bridgehead atoms. The first kappa shape index (κ1) is 35.4. The highest BCUT2D eigenvalue weighted by Gasteiger charge is 2.39. The van der Waals surface area contributed by atoms with Gasteiger partial charge in [0.05, 0.1) is 32.5 Å². The second kappa shape index (κ2) is 16.4. The van der Waals surface area contributed by atoms with Crippen LogP contribution in [0.5, 0.6) is 11.5 Å². The van der Waals surface area contributed by atoms with Gasteiger partial charge in [-0.05, 0) is 54.2 Å². The minimum Gasteiger partial charge on any atom is -0.507 e. The molecule has 1 unspecified atom stereocenters. The summed E-state index contributed by atoms with van der Waals surface area (Å²) in [6.45, 7) is 0.551. The lowest BCUT2D eigenvalue weighted by Crippen LogP contribution is -2.34. The number of hydrogen-bond donors (Lipinski definition) is 3. The number of unbranched alkanes of at least 4 members (excludes halogenated alkanes) is 1. The summed E-state index contributed by atoms with van der Waals surface area (Å²) >= 11 is 3.41. The van der Waals surface area contributed by atoms with E-state index in [2.05, 4.69) is 21.2 Å². The van der Waals surface area contributed by atoms with Crippen LogP contribution in [0.15, 0.2) is 71.2 Å². The highest BCUT2D eigenvalue weighted by Crippen LogP contribution is 2.35. The lowest BCUT2D eigenvalue weighted by molar-refractivity contribution is -0.148. The average Bonchev–Trinajstić information content (AvgIpc) is 3.32. The van der Waals surface area contributed by atoms with Crippen molar-refractivity contribution in [2.75, 3.05) is 20.3 Å². The van der Waals surface area contributed by atoms with Crippen LogP contribution in [-0.2, 0) is 46.9 Å². The number of esters is 2. The first-order valence-corrected chi connectivity index (χ1v) is 17.2. The summed E-state index contributed by atoms with van der Waals surface area (Å²) in [7, 11) is -2.64. The molecule has 250 valence electrons. The van der Waals surface area contributed by atoms with Crippen LogP contribution in [0.25, 0.3) is 0 Å². The number of carbonyl (C=O) groups is 4. The van der Waals surface area contributed by atoms with Gasteiger partial charge in [-0.1, -0.05) is 64.5 Å². The molecule has 0 radical (unpaired) electrons. The Morgan fingerprint density at radius 2 is 1.81 bits per heavy atom. The zero-order chi connectivity index (χ0) is 34.0. The van der Waals surface area contributed by atoms with Crippen LogP contribution in [0.4, 0.5) is 0 Å². The Morgan fingerprint density at radius 3 is 2.49 bits per heavy atom. The Morgan fingerprint density at radius 1 is 1.04 bits per heavy atom. The Bertz CT molecular complexity index is 1720. The summed E-state index contributed by atoms with van der Waals surface area (Å²) in [4.78, 5) is 49.9. The summed E-state index contributed by atoms with van der Waals surface area (Å²) in [5, 5.41) is 11.8. The van der Waals surface area contributed by atoms with Gasteiger partial charge in [-0.3, -0.25) is 19.1 Å². The number of phenols is 1. The van der Waals surface area contributed by atoms with Crippen LogP contribution in [0.1, 0.15) is 58.0 Å². The molecule has 0 saturated carbocycles. The zero-order valence-electron chi connectivity index (χ0n) is 25.6. The van der Waals surface area contributed by atoms with Crippen molar-refractivity contribution < 1.29 is 46.9 Å². The number of sulfonamides is 1. The Kier molecular flexibility index (Phi) is 12.4. The number of amides is 2. The van der Waals surface area contributed by atoms with Crippen molar-refractivity contribution >= 4 is 49.7 Å². The number of methoxy groups -OCH3 is 1. The highest BCUT2D eigenvalue weighted by molar-refractivity contribution is 9.10. The van der Waals surface area contributed by atoms with Gasteiger partial charge in [0.2, 0.25) is 21.8 Å². The fourth-order valence-electron chi connectivity index (χ4n) is 5.04. The van der Waals surface area contributed by atoms with E-state index >= 15 is 0 Å². The summed E-state index contributed by atoms with van der Waals surface area (Å²) in [6, 6.07) is 18.6. The predicted molar refractivity (Wildman–Crippen MR) is 174 cm³/mol. The van der Waals surface area contributed by atoms with Crippen molar-refractivity contribution in [3.8, 4) is 11.5 Å². The third-order valence-electron chi connectivity index (χ3n) is 7.44. The van der Waals surface area contributed by atoms with Crippen LogP contribution >= 0.6 is 15.9 Å². The molecule has 2 amide bonds. The average molecular weight is 732 g/mol. The first-order valence-electron chi connectivity index (χ1n) is 14.8. The van der Waals surface area contributed by atoms with Gasteiger partial charge in [0, 0.05) is 11.0 Å². The zero-order valence-corrected chi connectivity index (χ0v) is 28.0. The smallest absolute Gasteiger partial charge is 0.345 e. The molecule has 3 N–H and O–H groups in total. The van der Waals surface area contributed by atoms with Crippen molar-refractivity contribution in [2.24, 2.45) is 5.92 Å². The van der Waals surface area contributed by atoms with Gasteiger partial charge in [-0.25, -0.2) is 13.2 Å². The number of nitrogens with one attached hydrogen (secondary N) is 2. The molecule has 0 aromatic heterocycles. The molecule has 0 spiro atoms. The molecule has 1 aliphatic heterocycles. The molecular weight excluding hydrogens is 696 g/mol. The molecular formula is C33H35BrN2O10S. The molecule has 14 heteroatoms. The molecule has 1 fully saturated rings. The third-order valence-corrected chi connectivity index (χ3v) is 9.81. The van der Waals surface area contributed by atoms with Crippen molar-refractivity contribution in [3.63, 3.8) is 0 Å². The van der Waals surface area contributed by atoms with Crippen LogP contribution < -0.4 is 14.8 Å². The molecule has 47 heavy (non-hydrogen) atoms. The van der Waals surface area contributed by atoms with Crippen molar-refractivity contribution in [2.45, 2.75) is 44.0 Å². The lowest BCUT2D eigenvalue weighted by atomic mass is 9.94. The van der Waals surface area contributed by atoms with Crippen molar-refractivity contribution in [1.29, 1.82) is 0 Å². The van der Waals surface area contributed by atoms with Crippen molar-refractivity contribution in [3.05, 3.63) is 93.5 Å². The van der Waals surface area contributed by atoms with Gasteiger partial charge in [0.25, 0.3) is 0 Å². The van der Waals surface area contributed by atoms with Gasteiger partial charge in [0.1, 0.15) is 28.9 Å². The number of hydrogen-bond acceptors (Lipinski definition) is 10. The molecule has 1 heterocycles. The Balaban J connectivity index is 1.36. The number of rotatable bonds is 15. The SMILES string of the molecule is COC(=O)c1c(O)cccc1OCCCCNC(=O)[C@@H](CC(=O)OCc1ccccc1)Cc1ccc(C2CC(=O)NS2(=O)=O)c(Br)c1. The third kappa shape index (κ3) is 9.78. The van der Waals surface area contributed by atoms with E-state index in [0.29, 0.717) is 28.4 Å². The minimum absolute atomic E-state index is 0.0633. The number of benzene rings is 3. The number of aromatic hydroxyl groups is 1. The van der Waals surface area contributed by atoms with Crippen LogP contribution in [0.2, 0.25) is 0 Å². The fourth-order valence-corrected chi connectivity index (χ4v) is 7.35. The maximum Gasteiger partial charge on any atom is 0.345 e. The van der Waals surface area contributed by atoms with Gasteiger partial charge in [0.15, 0.2) is 0 Å². The number of carbonyl (C=O) groups excluding carboxylic acids is 4. The van der Waals surface area contributed by atoms with Gasteiger partial charge < -0.3 is 24.6 Å². The summed E-state index contributed by atoms with van der Waals surface area (Å²) in [5.74, 6) is -3.08. The Hall–Kier alpha value is -4.43. The number of halogens is 1. The van der Waals surface area contributed by atoms with E-state index in [1.807, 2.05) is 35.1 Å². The molecule has 12 nitrogen and oxygen atoms in total. The Labute approximate surface area is 281 Å². The largest absolute Gasteiger partial charge is 0.507 e. The normalized spacial score (nSPS) is 15.7. The predicted octanol–water partition coefficient (Wildman–Crippen LogP) is 4.10. The molecule has 3 aromatic rings. The van der Waals surface area contributed by atoms with Crippen molar-refractivity contribution in [1.82, 2.24) is 10.0 Å². The first-order chi connectivity index (χ1) is 22.5. The second-order valence-corrected chi connectivity index (χ2v) is 13.6. The molecule has 3 aromatic carbocycles. The maximum atomic E-state index is 13.3. The monoisotopic (exact) mass is 730 g/mol. The van der Waals surface area contributed by atoms with Gasteiger partial charge in [-0.15, -0.1) is 0 Å². The second-order valence-electron chi connectivity index (χ2n) is 10.9. The maximum absolute atomic E-state index is 13.3. The molecule has 2 atom stereocenters. The van der Waals surface area contributed by atoms with Crippen LogP contribution in [0, 0.1) is 5.92 Å². The van der Waals surface area contributed by atoms with Gasteiger partial charge in [-0.2, -0.15) is 0 Å². The van der Waals surface area contributed by atoms with Crippen LogP contribution in [-0.4, -0.2) is 57.5 Å². The molecule has 1 aliphatic rings. The molecule has 0 aliphatic carbocycles. The van der Waals surface area contributed by atoms with Gasteiger partial charge >= 0.3 is 11.9 Å². The van der Waals surface area contributed by atoms with E-state index < -0.39 is 39.0 Å². The number of ether oxygens (including phenoxy) is 3. The van der Waals surface area contributed by atoms with Crippen LogP contribution in [0.3, 0.4) is 0 Å².